The van der Waals surface area contributed by atoms with Crippen molar-refractivity contribution >= 4 is 11.8 Å². The molecule has 0 aliphatic heterocycles. The lowest BCUT2D eigenvalue weighted by molar-refractivity contribution is 0.0695. The molecule has 1 aromatic heterocycles. The van der Waals surface area contributed by atoms with E-state index in [-0.39, 0.29) is 17.4 Å². The minimum absolute atomic E-state index is 0.0866. The third-order valence-electron chi connectivity index (χ3n) is 2.74. The van der Waals surface area contributed by atoms with Gasteiger partial charge in [-0.05, 0) is 26.3 Å². The zero-order valence-corrected chi connectivity index (χ0v) is 10.8. The molecule has 1 rings (SSSR count). The van der Waals surface area contributed by atoms with E-state index in [1.807, 2.05) is 25.3 Å². The Morgan fingerprint density at radius 2 is 2.00 bits per heavy atom. The number of Topliss-reactive ketones (excluding diaryl/α,β-unsaturated/α-hetero) is 1. The fourth-order valence-corrected chi connectivity index (χ4v) is 2.10. The smallest absolute Gasteiger partial charge is 0.337 e. The van der Waals surface area contributed by atoms with Crippen LogP contribution in [0.1, 0.15) is 66.7 Å². The molecule has 0 saturated carbocycles. The highest BCUT2D eigenvalue weighted by atomic mass is 16.4. The number of hydrogen-bond acceptors (Lipinski definition) is 2. The van der Waals surface area contributed by atoms with Crippen LogP contribution in [-0.4, -0.2) is 21.4 Å². The van der Waals surface area contributed by atoms with Gasteiger partial charge in [-0.3, -0.25) is 4.79 Å². The molecule has 0 bridgehead atoms. The van der Waals surface area contributed by atoms with Crippen molar-refractivity contribution in [3.05, 3.63) is 23.0 Å². The predicted molar refractivity (Wildman–Crippen MR) is 65.8 cm³/mol. The van der Waals surface area contributed by atoms with Gasteiger partial charge in [-0.2, -0.15) is 0 Å². The Hall–Kier alpha value is -1.58. The maximum atomic E-state index is 11.5. The molecular formula is C13H19NO3. The van der Waals surface area contributed by atoms with Crippen molar-refractivity contribution in [3.63, 3.8) is 0 Å². The number of aromatic nitrogens is 1. The number of aromatic carboxylic acids is 1. The molecular weight excluding hydrogens is 218 g/mol. The molecule has 4 heteroatoms. The Morgan fingerprint density at radius 3 is 2.35 bits per heavy atom. The van der Waals surface area contributed by atoms with E-state index in [1.165, 1.54) is 13.0 Å². The van der Waals surface area contributed by atoms with Crippen LogP contribution >= 0.6 is 0 Å². The van der Waals surface area contributed by atoms with Crippen LogP contribution in [0, 0.1) is 0 Å². The van der Waals surface area contributed by atoms with Crippen LogP contribution in [0.15, 0.2) is 6.07 Å². The normalized spacial score (nSPS) is 10.9. The van der Waals surface area contributed by atoms with Crippen LogP contribution in [0.25, 0.3) is 0 Å². The Kier molecular flexibility index (Phi) is 4.10. The molecule has 0 aliphatic carbocycles. The zero-order chi connectivity index (χ0) is 13.2. The summed E-state index contributed by atoms with van der Waals surface area (Å²) in [6.07, 6.45) is 1.53. The van der Waals surface area contributed by atoms with E-state index in [2.05, 4.69) is 0 Å². The highest BCUT2D eigenvalue weighted by Crippen LogP contribution is 2.23. The molecule has 0 aromatic carbocycles. The van der Waals surface area contributed by atoms with Crippen molar-refractivity contribution in [1.29, 1.82) is 0 Å². The number of carboxylic acid groups (broad SMARTS) is 1. The maximum Gasteiger partial charge on any atom is 0.337 e. The standard InChI is InChI=1S/C13H19NO3/c1-5-6-11-10(13(16)17)7-12(9(4)15)14(11)8(2)3/h7-8H,5-6H2,1-4H3,(H,16,17). The van der Waals surface area contributed by atoms with Gasteiger partial charge in [0.15, 0.2) is 5.78 Å². The number of rotatable bonds is 5. The number of nitrogens with zero attached hydrogens (tertiary/aromatic N) is 1. The Labute approximate surface area is 101 Å². The van der Waals surface area contributed by atoms with Gasteiger partial charge in [-0.15, -0.1) is 0 Å². The molecule has 0 fully saturated rings. The lowest BCUT2D eigenvalue weighted by Crippen LogP contribution is -2.13. The number of carbonyl (C=O) groups excluding carboxylic acids is 1. The summed E-state index contributed by atoms with van der Waals surface area (Å²) in [6.45, 7) is 7.38. The van der Waals surface area contributed by atoms with Crippen LogP contribution in [0.4, 0.5) is 0 Å². The van der Waals surface area contributed by atoms with Crippen molar-refractivity contribution < 1.29 is 14.7 Å². The molecule has 1 N–H and O–H groups in total. The van der Waals surface area contributed by atoms with E-state index in [4.69, 9.17) is 5.11 Å². The summed E-state index contributed by atoms with van der Waals surface area (Å²) in [5, 5.41) is 9.17. The van der Waals surface area contributed by atoms with Gasteiger partial charge in [0.05, 0.1) is 11.3 Å². The average Bonchev–Trinajstić information content (AvgIpc) is 2.57. The fraction of sp³-hybridized carbons (Fsp3) is 0.538. The van der Waals surface area contributed by atoms with Crippen molar-refractivity contribution in [3.8, 4) is 0 Å². The summed E-state index contributed by atoms with van der Waals surface area (Å²) in [7, 11) is 0. The van der Waals surface area contributed by atoms with Gasteiger partial charge < -0.3 is 9.67 Å². The first kappa shape index (κ1) is 13.5. The van der Waals surface area contributed by atoms with Crippen molar-refractivity contribution in [1.82, 2.24) is 4.57 Å². The van der Waals surface area contributed by atoms with Gasteiger partial charge in [-0.25, -0.2) is 4.79 Å². The van der Waals surface area contributed by atoms with Gasteiger partial charge in [0.25, 0.3) is 0 Å². The Bertz CT molecular complexity index is 444. The van der Waals surface area contributed by atoms with Gasteiger partial charge >= 0.3 is 5.97 Å². The Morgan fingerprint density at radius 1 is 1.41 bits per heavy atom. The van der Waals surface area contributed by atoms with E-state index in [0.717, 1.165) is 12.1 Å². The molecule has 0 amide bonds. The molecule has 0 atom stereocenters. The van der Waals surface area contributed by atoms with Crippen LogP contribution in [-0.2, 0) is 6.42 Å². The molecule has 0 unspecified atom stereocenters. The zero-order valence-electron chi connectivity index (χ0n) is 10.8. The van der Waals surface area contributed by atoms with Gasteiger partial charge in [0, 0.05) is 18.7 Å². The highest BCUT2D eigenvalue weighted by Gasteiger charge is 2.22. The molecule has 0 spiro atoms. The quantitative estimate of drug-likeness (QED) is 0.801. The topological polar surface area (TPSA) is 59.3 Å². The lowest BCUT2D eigenvalue weighted by Gasteiger charge is -2.16. The number of carboxylic acids is 1. The second kappa shape index (κ2) is 5.17. The molecule has 17 heavy (non-hydrogen) atoms. The molecule has 0 radical (unpaired) electrons. The van der Waals surface area contributed by atoms with E-state index in [9.17, 15) is 9.59 Å². The summed E-state index contributed by atoms with van der Waals surface area (Å²) in [5.41, 5.74) is 1.49. The van der Waals surface area contributed by atoms with Gasteiger partial charge in [-0.1, -0.05) is 13.3 Å². The van der Waals surface area contributed by atoms with Crippen molar-refractivity contribution in [2.45, 2.75) is 46.6 Å². The van der Waals surface area contributed by atoms with Crippen molar-refractivity contribution in [2.24, 2.45) is 0 Å². The monoisotopic (exact) mass is 237 g/mol. The largest absolute Gasteiger partial charge is 0.478 e. The highest BCUT2D eigenvalue weighted by molar-refractivity contribution is 5.97. The second-order valence-corrected chi connectivity index (χ2v) is 4.47. The second-order valence-electron chi connectivity index (χ2n) is 4.47. The predicted octanol–water partition coefficient (Wildman–Crippen LogP) is 2.92. The van der Waals surface area contributed by atoms with E-state index >= 15 is 0 Å². The average molecular weight is 237 g/mol. The first-order chi connectivity index (χ1) is 7.90. The third-order valence-corrected chi connectivity index (χ3v) is 2.74. The number of hydrogen-bond donors (Lipinski definition) is 1. The minimum atomic E-state index is -0.963. The van der Waals surface area contributed by atoms with Crippen molar-refractivity contribution in [2.75, 3.05) is 0 Å². The number of ketones is 1. The first-order valence-corrected chi connectivity index (χ1v) is 5.88. The van der Waals surface area contributed by atoms with E-state index in [0.29, 0.717) is 12.1 Å². The number of carbonyl (C=O) groups is 2. The third kappa shape index (κ3) is 2.57. The van der Waals surface area contributed by atoms with Crippen LogP contribution in [0.5, 0.6) is 0 Å². The van der Waals surface area contributed by atoms with E-state index < -0.39 is 5.97 Å². The summed E-state index contributed by atoms with van der Waals surface area (Å²) in [5.74, 6) is -1.06. The lowest BCUT2D eigenvalue weighted by atomic mass is 10.1. The van der Waals surface area contributed by atoms with E-state index in [1.54, 1.807) is 0 Å². The van der Waals surface area contributed by atoms with Crippen LogP contribution in [0.3, 0.4) is 0 Å². The first-order valence-electron chi connectivity index (χ1n) is 5.88. The molecule has 94 valence electrons. The van der Waals surface area contributed by atoms with Gasteiger partial charge in [0.1, 0.15) is 0 Å². The SMILES string of the molecule is CCCc1c(C(=O)O)cc(C(C)=O)n1C(C)C. The van der Waals surface area contributed by atoms with Crippen LogP contribution in [0.2, 0.25) is 0 Å². The van der Waals surface area contributed by atoms with Gasteiger partial charge in [0.2, 0.25) is 0 Å². The summed E-state index contributed by atoms with van der Waals surface area (Å²) in [4.78, 5) is 22.7. The molecule has 4 nitrogen and oxygen atoms in total. The summed E-state index contributed by atoms with van der Waals surface area (Å²) < 4.78 is 1.84. The summed E-state index contributed by atoms with van der Waals surface area (Å²) >= 11 is 0. The molecule has 1 aromatic rings. The van der Waals surface area contributed by atoms with Crippen LogP contribution < -0.4 is 0 Å². The summed E-state index contributed by atoms with van der Waals surface area (Å²) in [6, 6.07) is 1.58. The molecule has 0 saturated heterocycles. The minimum Gasteiger partial charge on any atom is -0.478 e. The fourth-order valence-electron chi connectivity index (χ4n) is 2.10. The maximum absolute atomic E-state index is 11.5. The molecule has 0 aliphatic rings. The molecule has 1 heterocycles. The Balaban J connectivity index is 3.49.